The number of hydrogen-bond acceptors (Lipinski definition) is 1. The highest BCUT2D eigenvalue weighted by atomic mass is 79.9. The Kier molecular flexibility index (Phi) is 4.96. The molecular formula is C15H17BrF3NO. The first-order valence-electron chi connectivity index (χ1n) is 6.99. The van der Waals surface area contributed by atoms with Crippen molar-refractivity contribution < 1.29 is 18.0 Å². The molecule has 0 aromatic heterocycles. The zero-order valence-electron chi connectivity index (χ0n) is 11.6. The summed E-state index contributed by atoms with van der Waals surface area (Å²) >= 11 is 2.87. The fourth-order valence-electron chi connectivity index (χ4n) is 2.24. The Bertz CT molecular complexity index is 526. The molecule has 1 atom stereocenters. The molecule has 1 aromatic carbocycles. The van der Waals surface area contributed by atoms with Gasteiger partial charge in [0.15, 0.2) is 0 Å². The van der Waals surface area contributed by atoms with Crippen molar-refractivity contribution >= 4 is 21.8 Å². The molecule has 0 aliphatic heterocycles. The summed E-state index contributed by atoms with van der Waals surface area (Å²) in [6.45, 7) is 1.97. The lowest BCUT2D eigenvalue weighted by Gasteiger charge is -2.17. The molecule has 1 N–H and O–H groups in total. The lowest BCUT2D eigenvalue weighted by Crippen LogP contribution is -2.34. The van der Waals surface area contributed by atoms with Crippen molar-refractivity contribution in [1.82, 2.24) is 5.32 Å². The van der Waals surface area contributed by atoms with Crippen molar-refractivity contribution in [3.63, 3.8) is 0 Å². The molecule has 1 saturated carbocycles. The minimum Gasteiger partial charge on any atom is -0.349 e. The van der Waals surface area contributed by atoms with Crippen LogP contribution in [0.15, 0.2) is 22.7 Å². The van der Waals surface area contributed by atoms with Crippen molar-refractivity contribution in [2.24, 2.45) is 5.92 Å². The molecule has 1 fully saturated rings. The van der Waals surface area contributed by atoms with E-state index in [1.165, 1.54) is 25.0 Å². The van der Waals surface area contributed by atoms with Crippen LogP contribution in [0.3, 0.4) is 0 Å². The molecule has 1 aromatic rings. The van der Waals surface area contributed by atoms with E-state index in [9.17, 15) is 18.0 Å². The van der Waals surface area contributed by atoms with E-state index in [2.05, 4.69) is 21.2 Å². The molecule has 21 heavy (non-hydrogen) atoms. The van der Waals surface area contributed by atoms with Gasteiger partial charge in [-0.2, -0.15) is 13.2 Å². The monoisotopic (exact) mass is 363 g/mol. The normalized spacial score (nSPS) is 16.6. The van der Waals surface area contributed by atoms with Crippen LogP contribution in [0.1, 0.15) is 48.5 Å². The van der Waals surface area contributed by atoms with Crippen molar-refractivity contribution in [3.05, 3.63) is 33.8 Å². The third kappa shape index (κ3) is 4.46. The molecule has 0 bridgehead atoms. The Morgan fingerprint density at radius 3 is 2.62 bits per heavy atom. The molecule has 6 heteroatoms. The molecule has 0 radical (unpaired) electrons. The van der Waals surface area contributed by atoms with Crippen molar-refractivity contribution in [2.75, 3.05) is 0 Å². The minimum atomic E-state index is -4.48. The topological polar surface area (TPSA) is 29.1 Å². The van der Waals surface area contributed by atoms with E-state index >= 15 is 0 Å². The third-order valence-electron chi connectivity index (χ3n) is 3.68. The molecule has 1 amide bonds. The number of carbonyl (C=O) groups is 1. The van der Waals surface area contributed by atoms with Gasteiger partial charge in [-0.05, 0) is 37.0 Å². The zero-order chi connectivity index (χ0) is 15.6. The quantitative estimate of drug-likeness (QED) is 0.801. The number of amides is 1. The maximum atomic E-state index is 12.8. The predicted octanol–water partition coefficient (Wildman–Crippen LogP) is 4.78. The van der Waals surface area contributed by atoms with E-state index in [0.717, 1.165) is 18.9 Å². The Morgan fingerprint density at radius 1 is 1.43 bits per heavy atom. The molecule has 1 aliphatic rings. The smallest absolute Gasteiger partial charge is 0.349 e. The molecule has 0 spiro atoms. The van der Waals surface area contributed by atoms with Gasteiger partial charge in [-0.3, -0.25) is 4.79 Å². The molecule has 1 aliphatic carbocycles. The van der Waals surface area contributed by atoms with Crippen molar-refractivity contribution in [1.29, 1.82) is 0 Å². The molecule has 2 rings (SSSR count). The van der Waals surface area contributed by atoms with Gasteiger partial charge in [-0.15, -0.1) is 0 Å². The van der Waals surface area contributed by atoms with Gasteiger partial charge in [0.1, 0.15) is 0 Å². The van der Waals surface area contributed by atoms with Gasteiger partial charge < -0.3 is 5.32 Å². The minimum absolute atomic E-state index is 0.0305. The van der Waals surface area contributed by atoms with Crippen molar-refractivity contribution in [3.8, 4) is 0 Å². The number of rotatable bonds is 5. The van der Waals surface area contributed by atoms with Crippen LogP contribution in [0.5, 0.6) is 0 Å². The molecular weight excluding hydrogens is 347 g/mol. The van der Waals surface area contributed by atoms with E-state index in [-0.39, 0.29) is 16.1 Å². The second-order valence-corrected chi connectivity index (χ2v) is 6.30. The van der Waals surface area contributed by atoms with Crippen LogP contribution in [0.25, 0.3) is 0 Å². The fraction of sp³-hybridized carbons (Fsp3) is 0.533. The Hall–Kier alpha value is -1.04. The molecule has 116 valence electrons. The number of nitrogens with one attached hydrogen (secondary N) is 1. The summed E-state index contributed by atoms with van der Waals surface area (Å²) in [6, 6.07) is 3.59. The second kappa shape index (κ2) is 6.38. The van der Waals surface area contributed by atoms with Gasteiger partial charge in [0.05, 0.1) is 5.56 Å². The highest BCUT2D eigenvalue weighted by molar-refractivity contribution is 9.10. The first kappa shape index (κ1) is 16.3. The summed E-state index contributed by atoms with van der Waals surface area (Å²) in [5, 5.41) is 2.83. The fourth-order valence-corrected chi connectivity index (χ4v) is 2.71. The second-order valence-electron chi connectivity index (χ2n) is 5.45. The van der Waals surface area contributed by atoms with Gasteiger partial charge in [-0.25, -0.2) is 0 Å². The summed E-state index contributed by atoms with van der Waals surface area (Å²) in [5.41, 5.74) is -0.787. The van der Waals surface area contributed by atoms with Crippen molar-refractivity contribution in [2.45, 2.75) is 44.8 Å². The van der Waals surface area contributed by atoms with Gasteiger partial charge in [0.25, 0.3) is 5.91 Å². The third-order valence-corrected chi connectivity index (χ3v) is 4.37. The molecule has 0 saturated heterocycles. The van der Waals surface area contributed by atoms with Crippen LogP contribution >= 0.6 is 15.9 Å². The van der Waals surface area contributed by atoms with E-state index in [1.807, 2.05) is 6.92 Å². The average Bonchev–Trinajstić information content (AvgIpc) is 3.20. The van der Waals surface area contributed by atoms with E-state index in [1.54, 1.807) is 0 Å². The van der Waals surface area contributed by atoms with Crippen LogP contribution < -0.4 is 5.32 Å². The Morgan fingerprint density at radius 2 is 2.10 bits per heavy atom. The van der Waals surface area contributed by atoms with E-state index < -0.39 is 17.6 Å². The van der Waals surface area contributed by atoms with Crippen LogP contribution in [0.2, 0.25) is 0 Å². The molecule has 2 nitrogen and oxygen atoms in total. The Labute approximate surface area is 130 Å². The number of carbonyl (C=O) groups excluding carboxylic acids is 1. The largest absolute Gasteiger partial charge is 0.417 e. The zero-order valence-corrected chi connectivity index (χ0v) is 13.2. The highest BCUT2D eigenvalue weighted by Crippen LogP contribution is 2.36. The highest BCUT2D eigenvalue weighted by Gasteiger charge is 2.34. The summed E-state index contributed by atoms with van der Waals surface area (Å²) < 4.78 is 38.5. The van der Waals surface area contributed by atoms with Gasteiger partial charge in [0, 0.05) is 16.1 Å². The SMILES string of the molecule is CCC(CC1CC1)NC(=O)c1ccc(Br)c(C(F)(F)F)c1. The average molecular weight is 364 g/mol. The first-order chi connectivity index (χ1) is 9.81. The Balaban J connectivity index is 2.11. The van der Waals surface area contributed by atoms with Gasteiger partial charge in [-0.1, -0.05) is 35.7 Å². The maximum absolute atomic E-state index is 12.8. The standard InChI is InChI=1S/C15H17BrF3NO/c1-2-11(7-9-3-4-9)20-14(21)10-5-6-13(16)12(8-10)15(17,18)19/h5-6,8-9,11H,2-4,7H2,1H3,(H,20,21). The van der Waals surface area contributed by atoms with E-state index in [4.69, 9.17) is 0 Å². The number of alkyl halides is 3. The lowest BCUT2D eigenvalue weighted by atomic mass is 10.1. The van der Waals surface area contributed by atoms with Gasteiger partial charge in [0.2, 0.25) is 0 Å². The van der Waals surface area contributed by atoms with Crippen LogP contribution in [0, 0.1) is 5.92 Å². The maximum Gasteiger partial charge on any atom is 0.417 e. The summed E-state index contributed by atoms with van der Waals surface area (Å²) in [5.74, 6) is 0.214. The number of hydrogen-bond donors (Lipinski definition) is 1. The lowest BCUT2D eigenvalue weighted by molar-refractivity contribution is -0.138. The summed E-state index contributed by atoms with van der Waals surface area (Å²) in [6.07, 6.45) is -0.422. The first-order valence-corrected chi connectivity index (χ1v) is 7.78. The van der Waals surface area contributed by atoms with Crippen LogP contribution in [-0.2, 0) is 6.18 Å². The summed E-state index contributed by atoms with van der Waals surface area (Å²) in [4.78, 5) is 12.1. The van der Waals surface area contributed by atoms with Gasteiger partial charge >= 0.3 is 6.18 Å². The number of benzene rings is 1. The number of halogens is 4. The molecule has 0 heterocycles. The predicted molar refractivity (Wildman–Crippen MR) is 78.0 cm³/mol. The van der Waals surface area contributed by atoms with Crippen LogP contribution in [0.4, 0.5) is 13.2 Å². The van der Waals surface area contributed by atoms with Crippen LogP contribution in [-0.4, -0.2) is 11.9 Å². The summed E-state index contributed by atoms with van der Waals surface area (Å²) in [7, 11) is 0. The van der Waals surface area contributed by atoms with E-state index in [0.29, 0.717) is 5.92 Å². The molecule has 1 unspecified atom stereocenters.